The summed E-state index contributed by atoms with van der Waals surface area (Å²) < 4.78 is 25.1. The van der Waals surface area contributed by atoms with Gasteiger partial charge in [0.05, 0.1) is 19.8 Å². The SMILES string of the molecule is [B][C@@H](CO)O[C@H](COC)COP(C)(=O)[O-]. The highest BCUT2D eigenvalue weighted by Gasteiger charge is 2.14. The molecule has 0 rings (SSSR count). The highest BCUT2D eigenvalue weighted by molar-refractivity contribution is 7.50. The first kappa shape index (κ1) is 15.1. The van der Waals surface area contributed by atoms with Crippen LogP contribution in [0.1, 0.15) is 0 Å². The predicted octanol–water partition coefficient (Wildman–Crippen LogP) is -1.30. The van der Waals surface area contributed by atoms with Gasteiger partial charge in [-0.25, -0.2) is 0 Å². The van der Waals surface area contributed by atoms with Crippen LogP contribution in [-0.2, 0) is 18.6 Å². The van der Waals surface area contributed by atoms with Crippen molar-refractivity contribution in [2.75, 3.05) is 33.6 Å². The fourth-order valence-corrected chi connectivity index (χ4v) is 1.26. The zero-order valence-corrected chi connectivity index (χ0v) is 9.68. The van der Waals surface area contributed by atoms with Gasteiger partial charge in [0.15, 0.2) is 0 Å². The van der Waals surface area contributed by atoms with Crippen LogP contribution in [0, 0.1) is 0 Å². The topological polar surface area (TPSA) is 88.1 Å². The molecule has 6 nitrogen and oxygen atoms in total. The predicted molar refractivity (Wildman–Crippen MR) is 52.9 cm³/mol. The lowest BCUT2D eigenvalue weighted by Gasteiger charge is -2.24. The second kappa shape index (κ2) is 7.38. The van der Waals surface area contributed by atoms with Crippen molar-refractivity contribution in [2.24, 2.45) is 0 Å². The molecule has 8 heteroatoms. The van der Waals surface area contributed by atoms with E-state index < -0.39 is 19.7 Å². The normalized spacial score (nSPS) is 19.5. The molecule has 2 radical (unpaired) electrons. The van der Waals surface area contributed by atoms with Crippen LogP contribution in [0.2, 0.25) is 0 Å². The molecule has 0 saturated heterocycles. The van der Waals surface area contributed by atoms with Crippen molar-refractivity contribution >= 4 is 15.4 Å². The first-order chi connectivity index (χ1) is 6.89. The maximum Gasteiger partial charge on any atom is 0.131 e. The number of aliphatic hydroxyl groups is 1. The number of hydrogen-bond donors (Lipinski definition) is 1. The van der Waals surface area contributed by atoms with Crippen LogP contribution in [0.5, 0.6) is 0 Å². The van der Waals surface area contributed by atoms with Crippen LogP contribution in [0.25, 0.3) is 0 Å². The van der Waals surface area contributed by atoms with Gasteiger partial charge in [0, 0.05) is 19.8 Å². The molecule has 0 aliphatic heterocycles. The maximum absolute atomic E-state index is 10.7. The quantitative estimate of drug-likeness (QED) is 0.417. The largest absolute Gasteiger partial charge is 0.779 e. The summed E-state index contributed by atoms with van der Waals surface area (Å²) in [6.45, 7) is 0.552. The van der Waals surface area contributed by atoms with Crippen molar-refractivity contribution in [3.8, 4) is 0 Å². The molecule has 0 amide bonds. The molecule has 0 heterocycles. The van der Waals surface area contributed by atoms with Crippen molar-refractivity contribution in [2.45, 2.75) is 12.1 Å². The molecule has 0 fully saturated rings. The Morgan fingerprint density at radius 1 is 1.53 bits per heavy atom. The molecule has 3 atom stereocenters. The Kier molecular flexibility index (Phi) is 7.43. The smallest absolute Gasteiger partial charge is 0.131 e. The highest BCUT2D eigenvalue weighted by atomic mass is 31.2. The van der Waals surface area contributed by atoms with Gasteiger partial charge in [0.1, 0.15) is 21.5 Å². The molecule has 0 bridgehead atoms. The van der Waals surface area contributed by atoms with Crippen LogP contribution in [-0.4, -0.2) is 58.7 Å². The summed E-state index contributed by atoms with van der Waals surface area (Å²) in [6.07, 6.45) is -0.626. The van der Waals surface area contributed by atoms with E-state index in [0.29, 0.717) is 0 Å². The molecule has 0 aliphatic carbocycles. The van der Waals surface area contributed by atoms with Gasteiger partial charge in [-0.15, -0.1) is 0 Å². The molecule has 0 aromatic carbocycles. The van der Waals surface area contributed by atoms with Crippen molar-refractivity contribution in [3.63, 3.8) is 0 Å². The van der Waals surface area contributed by atoms with Crippen LogP contribution >= 0.6 is 7.60 Å². The first-order valence-corrected chi connectivity index (χ1v) is 6.32. The Morgan fingerprint density at radius 3 is 2.53 bits per heavy atom. The van der Waals surface area contributed by atoms with Gasteiger partial charge < -0.3 is 28.6 Å². The Bertz CT molecular complexity index is 208. The number of rotatable bonds is 8. The van der Waals surface area contributed by atoms with E-state index in [1.54, 1.807) is 0 Å². The standard InChI is InChI=1S/C7H16BO6P/c1-12-4-6(14-7(8)3-9)5-13-15(2,10)11/h6-7,9H,3-5H2,1-2H3,(H,10,11)/p-1/t6-,7-/m1/s1. The molecule has 0 aromatic heterocycles. The van der Waals surface area contributed by atoms with Crippen molar-refractivity contribution in [3.05, 3.63) is 0 Å². The maximum atomic E-state index is 10.7. The van der Waals surface area contributed by atoms with E-state index in [1.807, 2.05) is 0 Å². The number of hydrogen-bond acceptors (Lipinski definition) is 6. The molecule has 0 saturated carbocycles. The van der Waals surface area contributed by atoms with Crippen molar-refractivity contribution < 1.29 is 28.6 Å². The Morgan fingerprint density at radius 2 is 2.13 bits per heavy atom. The summed E-state index contributed by atoms with van der Waals surface area (Å²) >= 11 is 0. The second-order valence-electron chi connectivity index (χ2n) is 3.00. The van der Waals surface area contributed by atoms with E-state index >= 15 is 0 Å². The number of aliphatic hydroxyl groups excluding tert-OH is 1. The fourth-order valence-electron chi connectivity index (χ4n) is 0.821. The van der Waals surface area contributed by atoms with Crippen LogP contribution in [0.15, 0.2) is 0 Å². The zero-order chi connectivity index (χ0) is 11.9. The van der Waals surface area contributed by atoms with Gasteiger partial charge in [0.2, 0.25) is 0 Å². The molecule has 0 spiro atoms. The fraction of sp³-hybridized carbons (Fsp3) is 1.00. The van der Waals surface area contributed by atoms with Crippen LogP contribution < -0.4 is 4.89 Å². The molecular weight excluding hydrogens is 222 g/mol. The second-order valence-corrected chi connectivity index (χ2v) is 4.80. The summed E-state index contributed by atoms with van der Waals surface area (Å²) in [5, 5.41) is 8.63. The first-order valence-electron chi connectivity index (χ1n) is 4.33. The summed E-state index contributed by atoms with van der Waals surface area (Å²) in [5.74, 6) is 0. The van der Waals surface area contributed by atoms with Gasteiger partial charge in [-0.05, 0) is 0 Å². The minimum absolute atomic E-state index is 0.133. The zero-order valence-electron chi connectivity index (χ0n) is 8.79. The summed E-state index contributed by atoms with van der Waals surface area (Å²) in [5.41, 5.74) is 0. The molecule has 0 aromatic rings. The third-order valence-corrected chi connectivity index (χ3v) is 2.01. The van der Waals surface area contributed by atoms with E-state index in [2.05, 4.69) is 4.52 Å². The van der Waals surface area contributed by atoms with Gasteiger partial charge in [0.25, 0.3) is 0 Å². The average Bonchev–Trinajstić information content (AvgIpc) is 2.13. The molecule has 88 valence electrons. The lowest BCUT2D eigenvalue weighted by atomic mass is 10.0. The minimum Gasteiger partial charge on any atom is -0.779 e. The Labute approximate surface area is 90.5 Å². The van der Waals surface area contributed by atoms with E-state index in [0.717, 1.165) is 6.66 Å². The van der Waals surface area contributed by atoms with Crippen LogP contribution in [0.3, 0.4) is 0 Å². The molecule has 1 unspecified atom stereocenters. The number of methoxy groups -OCH3 is 1. The lowest BCUT2D eigenvalue weighted by Crippen LogP contribution is -2.32. The van der Waals surface area contributed by atoms with Crippen molar-refractivity contribution in [1.29, 1.82) is 0 Å². The van der Waals surface area contributed by atoms with Gasteiger partial charge in [-0.2, -0.15) is 0 Å². The monoisotopic (exact) mass is 237 g/mol. The third kappa shape index (κ3) is 9.05. The van der Waals surface area contributed by atoms with Crippen LogP contribution in [0.4, 0.5) is 0 Å². The van der Waals surface area contributed by atoms with E-state index in [-0.39, 0.29) is 19.8 Å². The third-order valence-electron chi connectivity index (χ3n) is 1.39. The average molecular weight is 237 g/mol. The van der Waals surface area contributed by atoms with E-state index in [9.17, 15) is 9.46 Å². The summed E-state index contributed by atoms with van der Waals surface area (Å²) in [4.78, 5) is 10.7. The van der Waals surface area contributed by atoms with Crippen molar-refractivity contribution in [1.82, 2.24) is 0 Å². The minimum atomic E-state index is -3.78. The molecular formula is C7H15BO6P-. The number of ether oxygens (including phenoxy) is 2. The molecule has 0 aliphatic rings. The van der Waals surface area contributed by atoms with Gasteiger partial charge in [-0.3, -0.25) is 0 Å². The lowest BCUT2D eigenvalue weighted by molar-refractivity contribution is -0.200. The van der Waals surface area contributed by atoms with E-state index in [4.69, 9.17) is 22.4 Å². The molecule has 1 N–H and O–H groups in total. The Balaban J connectivity index is 3.98. The van der Waals surface area contributed by atoms with E-state index in [1.165, 1.54) is 7.11 Å². The highest BCUT2D eigenvalue weighted by Crippen LogP contribution is 2.31. The van der Waals surface area contributed by atoms with Gasteiger partial charge >= 0.3 is 0 Å². The Hall–Kier alpha value is 0.0949. The summed E-state index contributed by atoms with van der Waals surface area (Å²) in [6, 6.07) is -0.878. The molecule has 15 heavy (non-hydrogen) atoms. The van der Waals surface area contributed by atoms with Gasteiger partial charge in [-0.1, -0.05) is 0 Å². The summed E-state index contributed by atoms with van der Waals surface area (Å²) in [7, 11) is 2.96.